The highest BCUT2D eigenvalue weighted by Gasteiger charge is 2.08. The van der Waals surface area contributed by atoms with Crippen LogP contribution in [0.1, 0.15) is 42.6 Å². The van der Waals surface area contributed by atoms with Gasteiger partial charge in [-0.1, -0.05) is 19.4 Å². The molecule has 0 aliphatic rings. The van der Waals surface area contributed by atoms with Gasteiger partial charge in [0.2, 0.25) is 0 Å². The van der Waals surface area contributed by atoms with E-state index in [-0.39, 0.29) is 5.97 Å². The van der Waals surface area contributed by atoms with E-state index in [2.05, 4.69) is 6.92 Å². The maximum Gasteiger partial charge on any atom is 0.338 e. The summed E-state index contributed by atoms with van der Waals surface area (Å²) in [6, 6.07) is 5.39. The average Bonchev–Trinajstić information content (AvgIpc) is 2.27. The van der Waals surface area contributed by atoms with Gasteiger partial charge in [-0.3, -0.25) is 0 Å². The first-order chi connectivity index (χ1) is 7.69. The van der Waals surface area contributed by atoms with Crippen LogP contribution >= 0.6 is 0 Å². The van der Waals surface area contributed by atoms with Gasteiger partial charge in [-0.15, -0.1) is 0 Å². The Morgan fingerprint density at radius 3 is 2.69 bits per heavy atom. The number of benzene rings is 1. The molecule has 0 radical (unpaired) electrons. The molecule has 0 bridgehead atoms. The molecule has 0 aromatic heterocycles. The molecule has 88 valence electrons. The van der Waals surface area contributed by atoms with Crippen molar-refractivity contribution in [2.24, 2.45) is 0 Å². The van der Waals surface area contributed by atoms with E-state index in [1.165, 1.54) is 0 Å². The Labute approximate surface area is 96.6 Å². The Kier molecular flexibility index (Phi) is 4.83. The summed E-state index contributed by atoms with van der Waals surface area (Å²) in [7, 11) is 0. The van der Waals surface area contributed by atoms with Gasteiger partial charge < -0.3 is 10.5 Å². The minimum atomic E-state index is -0.309. The summed E-state index contributed by atoms with van der Waals surface area (Å²) in [6.45, 7) is 4.32. The number of ether oxygens (including phenoxy) is 1. The third-order valence-electron chi connectivity index (χ3n) is 2.46. The average molecular weight is 221 g/mol. The third-order valence-corrected chi connectivity index (χ3v) is 2.46. The Morgan fingerprint density at radius 1 is 1.38 bits per heavy atom. The number of nitrogens with two attached hydrogens (primary N) is 1. The molecule has 0 spiro atoms. The zero-order valence-electron chi connectivity index (χ0n) is 9.95. The van der Waals surface area contributed by atoms with Crippen LogP contribution in [-0.4, -0.2) is 12.6 Å². The first-order valence-electron chi connectivity index (χ1n) is 5.74. The Hall–Kier alpha value is -1.51. The fourth-order valence-electron chi connectivity index (χ4n) is 1.53. The van der Waals surface area contributed by atoms with Gasteiger partial charge in [0, 0.05) is 5.69 Å². The van der Waals surface area contributed by atoms with Gasteiger partial charge in [0.25, 0.3) is 0 Å². The van der Waals surface area contributed by atoms with Crippen molar-refractivity contribution < 1.29 is 9.53 Å². The van der Waals surface area contributed by atoms with E-state index in [1.807, 2.05) is 6.07 Å². The molecular weight excluding hydrogens is 202 g/mol. The topological polar surface area (TPSA) is 52.3 Å². The zero-order chi connectivity index (χ0) is 12.0. The van der Waals surface area contributed by atoms with Gasteiger partial charge in [0.15, 0.2) is 0 Å². The normalized spacial score (nSPS) is 10.1. The van der Waals surface area contributed by atoms with E-state index in [4.69, 9.17) is 10.5 Å². The van der Waals surface area contributed by atoms with Crippen LogP contribution in [0.5, 0.6) is 0 Å². The molecule has 3 nitrogen and oxygen atoms in total. The van der Waals surface area contributed by atoms with Crippen LogP contribution in [-0.2, 0) is 11.2 Å². The summed E-state index contributed by atoms with van der Waals surface area (Å²) in [6.07, 6.45) is 3.22. The number of rotatable bonds is 5. The summed E-state index contributed by atoms with van der Waals surface area (Å²) < 4.78 is 4.91. The minimum Gasteiger partial charge on any atom is -0.462 e. The van der Waals surface area contributed by atoms with Crippen molar-refractivity contribution in [2.45, 2.75) is 33.1 Å². The highest BCUT2D eigenvalue weighted by molar-refractivity contribution is 5.90. The van der Waals surface area contributed by atoms with E-state index in [1.54, 1.807) is 19.1 Å². The Bertz CT molecular complexity index is 361. The number of esters is 1. The second-order valence-electron chi connectivity index (χ2n) is 3.74. The third kappa shape index (κ3) is 3.26. The molecule has 0 heterocycles. The second kappa shape index (κ2) is 6.16. The number of carbonyl (C=O) groups excluding carboxylic acids is 1. The highest BCUT2D eigenvalue weighted by atomic mass is 16.5. The predicted octanol–water partition coefficient (Wildman–Crippen LogP) is 2.79. The van der Waals surface area contributed by atoms with Gasteiger partial charge in [-0.2, -0.15) is 0 Å². The number of anilines is 1. The first-order valence-corrected chi connectivity index (χ1v) is 5.74. The lowest BCUT2D eigenvalue weighted by molar-refractivity contribution is 0.0526. The van der Waals surface area contributed by atoms with E-state index < -0.39 is 0 Å². The van der Waals surface area contributed by atoms with Crippen LogP contribution in [0.3, 0.4) is 0 Å². The molecule has 1 rings (SSSR count). The van der Waals surface area contributed by atoms with Gasteiger partial charge in [-0.25, -0.2) is 4.79 Å². The van der Waals surface area contributed by atoms with Crippen molar-refractivity contribution >= 4 is 11.7 Å². The van der Waals surface area contributed by atoms with E-state index in [0.717, 1.165) is 24.8 Å². The molecular formula is C13H19NO2. The molecule has 0 saturated carbocycles. The smallest absolute Gasteiger partial charge is 0.338 e. The van der Waals surface area contributed by atoms with Crippen LogP contribution < -0.4 is 5.73 Å². The maximum absolute atomic E-state index is 11.4. The van der Waals surface area contributed by atoms with Crippen LogP contribution in [0.4, 0.5) is 5.69 Å². The molecule has 0 unspecified atom stereocenters. The Balaban J connectivity index is 2.78. The summed E-state index contributed by atoms with van der Waals surface area (Å²) in [5, 5.41) is 0. The van der Waals surface area contributed by atoms with Crippen molar-refractivity contribution in [3.8, 4) is 0 Å². The van der Waals surface area contributed by atoms with Gasteiger partial charge in [-0.05, 0) is 37.5 Å². The largest absolute Gasteiger partial charge is 0.462 e. The van der Waals surface area contributed by atoms with Crippen molar-refractivity contribution in [1.82, 2.24) is 0 Å². The molecule has 16 heavy (non-hydrogen) atoms. The van der Waals surface area contributed by atoms with Crippen molar-refractivity contribution in [1.29, 1.82) is 0 Å². The van der Waals surface area contributed by atoms with Crippen LogP contribution in [0, 0.1) is 0 Å². The summed E-state index contributed by atoms with van der Waals surface area (Å²) in [4.78, 5) is 11.4. The van der Waals surface area contributed by atoms with Gasteiger partial charge >= 0.3 is 5.97 Å². The summed E-state index contributed by atoms with van der Waals surface area (Å²) in [5.41, 5.74) is 8.20. The number of unbranched alkanes of at least 4 members (excludes halogenated alkanes) is 1. The fraction of sp³-hybridized carbons (Fsp3) is 0.462. The molecule has 0 saturated heterocycles. The lowest BCUT2D eigenvalue weighted by Crippen LogP contribution is -2.06. The number of carbonyl (C=O) groups is 1. The maximum atomic E-state index is 11.4. The summed E-state index contributed by atoms with van der Waals surface area (Å²) in [5.74, 6) is -0.309. The van der Waals surface area contributed by atoms with Gasteiger partial charge in [0.1, 0.15) is 0 Å². The molecule has 2 N–H and O–H groups in total. The molecule has 0 aliphatic heterocycles. The molecule has 3 heteroatoms. The van der Waals surface area contributed by atoms with E-state index >= 15 is 0 Å². The lowest BCUT2D eigenvalue weighted by Gasteiger charge is -2.07. The number of nitrogen functional groups attached to an aromatic ring is 1. The van der Waals surface area contributed by atoms with Crippen molar-refractivity contribution in [3.63, 3.8) is 0 Å². The molecule has 1 aromatic rings. The second-order valence-corrected chi connectivity index (χ2v) is 3.74. The van der Waals surface area contributed by atoms with Crippen LogP contribution in [0.25, 0.3) is 0 Å². The monoisotopic (exact) mass is 221 g/mol. The predicted molar refractivity (Wildman–Crippen MR) is 65.4 cm³/mol. The Morgan fingerprint density at radius 2 is 2.12 bits per heavy atom. The number of aryl methyl sites for hydroxylation is 1. The van der Waals surface area contributed by atoms with Gasteiger partial charge in [0.05, 0.1) is 12.2 Å². The SMILES string of the molecule is CCCCc1ccc(C(=O)OCC)cc1N. The molecule has 0 fully saturated rings. The van der Waals surface area contributed by atoms with E-state index in [9.17, 15) is 4.79 Å². The van der Waals surface area contributed by atoms with Crippen LogP contribution in [0.15, 0.2) is 18.2 Å². The van der Waals surface area contributed by atoms with Crippen LogP contribution in [0.2, 0.25) is 0 Å². The van der Waals surface area contributed by atoms with Crippen molar-refractivity contribution in [3.05, 3.63) is 29.3 Å². The quantitative estimate of drug-likeness (QED) is 0.614. The standard InChI is InChI=1S/C13H19NO2/c1-3-5-6-10-7-8-11(9-12(10)14)13(15)16-4-2/h7-9H,3-6,14H2,1-2H3. The lowest BCUT2D eigenvalue weighted by atomic mass is 10.0. The minimum absolute atomic E-state index is 0.309. The molecule has 0 atom stereocenters. The summed E-state index contributed by atoms with van der Waals surface area (Å²) >= 11 is 0. The van der Waals surface area contributed by atoms with E-state index in [0.29, 0.717) is 17.9 Å². The van der Waals surface area contributed by atoms with Crippen molar-refractivity contribution in [2.75, 3.05) is 12.3 Å². The fourth-order valence-corrected chi connectivity index (χ4v) is 1.53. The number of hydrogen-bond donors (Lipinski definition) is 1. The molecule has 1 aromatic carbocycles. The zero-order valence-corrected chi connectivity index (χ0v) is 9.95. The highest BCUT2D eigenvalue weighted by Crippen LogP contribution is 2.17. The molecule has 0 aliphatic carbocycles. The molecule has 0 amide bonds. The number of hydrogen-bond acceptors (Lipinski definition) is 3. The first kappa shape index (κ1) is 12.6.